The average Bonchev–Trinajstić information content (AvgIpc) is 3.10. The zero-order valence-electron chi connectivity index (χ0n) is 23.0. The van der Waals surface area contributed by atoms with Crippen molar-refractivity contribution in [1.82, 2.24) is 0 Å². The van der Waals surface area contributed by atoms with Crippen LogP contribution in [0.1, 0.15) is 30.4 Å². The number of hydrogen-bond donors (Lipinski definition) is 2. The number of alkyl halides is 9. The first-order valence-electron chi connectivity index (χ1n) is 12.3. The van der Waals surface area contributed by atoms with Crippen LogP contribution < -0.4 is 14.9 Å². The molecule has 0 saturated heterocycles. The van der Waals surface area contributed by atoms with Gasteiger partial charge in [-0.15, -0.1) is 6.58 Å². The minimum atomic E-state index is -7.37. The molecule has 0 atom stereocenters. The van der Waals surface area contributed by atoms with Crippen LogP contribution in [0.5, 0.6) is 11.5 Å². The van der Waals surface area contributed by atoms with Gasteiger partial charge in [-0.25, -0.2) is 0 Å². The monoisotopic (exact) mass is 664 g/mol. The molecule has 0 radical (unpaired) electrons. The largest absolute Gasteiger partial charge is 0.497 e. The lowest BCUT2D eigenvalue weighted by Gasteiger charge is -2.32. The third-order valence-electron chi connectivity index (χ3n) is 6.23. The zero-order chi connectivity index (χ0) is 33.7. The molecule has 18 heteroatoms. The van der Waals surface area contributed by atoms with Gasteiger partial charge < -0.3 is 23.7 Å². The van der Waals surface area contributed by atoms with Crippen LogP contribution in [0.15, 0.2) is 60.9 Å². The summed E-state index contributed by atoms with van der Waals surface area (Å²) in [5, 5.41) is 10.5. The summed E-state index contributed by atoms with van der Waals surface area (Å²) in [5.74, 6) is -14.4. The molecule has 0 bridgehead atoms. The lowest BCUT2D eigenvalue weighted by Crippen LogP contribution is -2.63. The molecule has 1 aliphatic carbocycles. The molecule has 0 unspecified atom stereocenters. The Balaban J connectivity index is 0.000000514. The fourth-order valence-corrected chi connectivity index (χ4v) is 4.87. The van der Waals surface area contributed by atoms with Gasteiger partial charge in [0.1, 0.15) is 17.3 Å². The molecule has 7 nitrogen and oxygen atoms in total. The minimum Gasteiger partial charge on any atom is -0.497 e. The van der Waals surface area contributed by atoms with Crippen LogP contribution in [0.3, 0.4) is 0 Å². The molecule has 3 rings (SSSR count). The number of ether oxygens (including phenoxy) is 2. The van der Waals surface area contributed by atoms with Crippen molar-refractivity contribution in [3.63, 3.8) is 0 Å². The summed E-state index contributed by atoms with van der Waals surface area (Å²) in [6.45, 7) is 3.41. The number of hydrogen-bond acceptors (Lipinski definition) is 7. The zero-order valence-corrected chi connectivity index (χ0v) is 23.8. The highest BCUT2D eigenvalue weighted by Crippen LogP contribution is 2.55. The standard InChI is InChI=1S/C19H17F9O4S.C7H9BO3/c1-3-5-14-13-9-8-12(31-2)10-11(13)6-4-7-15(14)32-33(29,30)19(27,28)17(22,23)16(20,21)18(24,25)26;1-11-7-4-2-6(3-5-7)8(9)10/h3,8-10H,1,4-7H2,2H3;2-5,9-10H,1H3. The first-order chi connectivity index (χ1) is 20.2. The Labute approximate surface area is 246 Å². The minimum absolute atomic E-state index is 0.0480. The molecule has 0 heterocycles. The smallest absolute Gasteiger partial charge is 0.488 e. The summed E-state index contributed by atoms with van der Waals surface area (Å²) in [4.78, 5) is 0. The van der Waals surface area contributed by atoms with E-state index in [4.69, 9.17) is 19.5 Å². The Kier molecular flexibility index (Phi) is 11.5. The van der Waals surface area contributed by atoms with E-state index in [2.05, 4.69) is 10.8 Å². The van der Waals surface area contributed by atoms with Crippen molar-refractivity contribution in [1.29, 1.82) is 0 Å². The maximum atomic E-state index is 14.1. The van der Waals surface area contributed by atoms with Crippen molar-refractivity contribution >= 4 is 28.3 Å². The van der Waals surface area contributed by atoms with Gasteiger partial charge in [0.25, 0.3) is 0 Å². The summed E-state index contributed by atoms with van der Waals surface area (Å²) in [6, 6.07) is 10.9. The van der Waals surface area contributed by atoms with Gasteiger partial charge in [-0.3, -0.25) is 0 Å². The quantitative estimate of drug-likeness (QED) is 0.151. The van der Waals surface area contributed by atoms with Gasteiger partial charge in [-0.1, -0.05) is 24.3 Å². The second kappa shape index (κ2) is 13.7. The Bertz CT molecular complexity index is 1440. The van der Waals surface area contributed by atoms with Crippen molar-refractivity contribution < 1.29 is 71.6 Å². The Morgan fingerprint density at radius 2 is 1.41 bits per heavy atom. The van der Waals surface area contributed by atoms with E-state index in [1.165, 1.54) is 25.3 Å². The third-order valence-corrected chi connectivity index (χ3v) is 7.53. The molecule has 2 aromatic rings. The molecular weight excluding hydrogens is 638 g/mol. The molecule has 0 amide bonds. The SMILES string of the molecule is C=CCC1=C(OS(=O)(=O)C(F)(F)C(F)(F)C(F)(F)C(F)(F)F)CCCc2cc(OC)ccc21.COc1ccc(B(O)O)cc1. The molecular formula is C26H26BF9O7S. The summed E-state index contributed by atoms with van der Waals surface area (Å²) in [7, 11) is -5.51. The Hall–Kier alpha value is -3.38. The predicted octanol–water partition coefficient (Wildman–Crippen LogP) is 5.47. The van der Waals surface area contributed by atoms with Crippen molar-refractivity contribution in [3.05, 3.63) is 72.0 Å². The lowest BCUT2D eigenvalue weighted by molar-refractivity contribution is -0.382. The lowest BCUT2D eigenvalue weighted by atomic mass is 9.80. The van der Waals surface area contributed by atoms with E-state index in [-0.39, 0.29) is 30.4 Å². The molecule has 44 heavy (non-hydrogen) atoms. The van der Waals surface area contributed by atoms with E-state index >= 15 is 0 Å². The van der Waals surface area contributed by atoms with Crippen LogP contribution in [0.2, 0.25) is 0 Å². The highest BCUT2D eigenvalue weighted by Gasteiger charge is 2.86. The van der Waals surface area contributed by atoms with Crippen molar-refractivity contribution in [2.45, 2.75) is 49.0 Å². The maximum Gasteiger partial charge on any atom is 0.488 e. The molecule has 0 fully saturated rings. The molecule has 0 aromatic heterocycles. The van der Waals surface area contributed by atoms with E-state index < -0.39 is 52.7 Å². The fourth-order valence-electron chi connectivity index (χ4n) is 3.88. The number of halogens is 9. The predicted molar refractivity (Wildman–Crippen MR) is 141 cm³/mol. The normalized spacial score (nSPS) is 14.5. The number of methoxy groups -OCH3 is 2. The molecule has 0 saturated carbocycles. The van der Waals surface area contributed by atoms with Crippen LogP contribution in [-0.2, 0) is 20.7 Å². The number of allylic oxidation sites excluding steroid dienone is 3. The van der Waals surface area contributed by atoms with Crippen LogP contribution in [0.25, 0.3) is 5.57 Å². The number of aryl methyl sites for hydroxylation is 1. The van der Waals surface area contributed by atoms with Gasteiger partial charge in [0, 0.05) is 12.0 Å². The second-order valence-electron chi connectivity index (χ2n) is 9.12. The van der Waals surface area contributed by atoms with Crippen LogP contribution in [0.4, 0.5) is 39.5 Å². The highest BCUT2D eigenvalue weighted by molar-refractivity contribution is 7.88. The topological polar surface area (TPSA) is 102 Å². The second-order valence-corrected chi connectivity index (χ2v) is 10.7. The number of fused-ring (bicyclic) bond motifs is 1. The van der Waals surface area contributed by atoms with E-state index in [9.17, 15) is 47.9 Å². The summed E-state index contributed by atoms with van der Waals surface area (Å²) < 4.78 is 157. The van der Waals surface area contributed by atoms with Gasteiger partial charge >= 0.3 is 40.5 Å². The number of benzene rings is 2. The molecule has 244 valence electrons. The van der Waals surface area contributed by atoms with Crippen molar-refractivity contribution in [2.75, 3.05) is 14.2 Å². The highest BCUT2D eigenvalue weighted by atomic mass is 32.2. The molecule has 1 aliphatic rings. The molecule has 0 aliphatic heterocycles. The summed E-state index contributed by atoms with van der Waals surface area (Å²) in [5.41, 5.74) is 1.17. The molecule has 2 N–H and O–H groups in total. The van der Waals surface area contributed by atoms with Gasteiger partial charge in [0.05, 0.1) is 14.2 Å². The molecule has 0 spiro atoms. The maximum absolute atomic E-state index is 14.1. The average molecular weight is 664 g/mol. The first kappa shape index (κ1) is 36.8. The van der Waals surface area contributed by atoms with E-state index in [1.54, 1.807) is 37.4 Å². The van der Waals surface area contributed by atoms with Gasteiger partial charge in [0.2, 0.25) is 0 Å². The summed E-state index contributed by atoms with van der Waals surface area (Å²) >= 11 is 0. The van der Waals surface area contributed by atoms with Crippen LogP contribution >= 0.6 is 0 Å². The third kappa shape index (κ3) is 7.46. The van der Waals surface area contributed by atoms with Gasteiger partial charge in [0.15, 0.2) is 0 Å². The Morgan fingerprint density at radius 1 is 0.864 bits per heavy atom. The summed E-state index contributed by atoms with van der Waals surface area (Å²) in [6.07, 6.45) is -6.31. The van der Waals surface area contributed by atoms with E-state index in [0.717, 1.165) is 0 Å². The van der Waals surface area contributed by atoms with Gasteiger partial charge in [-0.2, -0.15) is 47.9 Å². The van der Waals surface area contributed by atoms with E-state index in [0.29, 0.717) is 22.5 Å². The van der Waals surface area contributed by atoms with E-state index in [1.807, 2.05) is 0 Å². The van der Waals surface area contributed by atoms with Crippen LogP contribution in [0, 0.1) is 0 Å². The van der Waals surface area contributed by atoms with Crippen molar-refractivity contribution in [3.8, 4) is 11.5 Å². The fraction of sp³-hybridized carbons (Fsp3) is 0.385. The van der Waals surface area contributed by atoms with Crippen LogP contribution in [-0.4, -0.2) is 63.1 Å². The first-order valence-corrected chi connectivity index (χ1v) is 13.7. The number of rotatable bonds is 10. The Morgan fingerprint density at radius 3 is 1.89 bits per heavy atom. The van der Waals surface area contributed by atoms with Gasteiger partial charge in [-0.05, 0) is 60.1 Å². The molecule has 2 aromatic carbocycles. The van der Waals surface area contributed by atoms with Crippen molar-refractivity contribution in [2.24, 2.45) is 0 Å².